The molecule has 2 nitrogen and oxygen atoms in total. The topological polar surface area (TPSA) is 23.5 Å². The fourth-order valence-corrected chi connectivity index (χ4v) is 3.26. The second kappa shape index (κ2) is 4.86. The predicted octanol–water partition coefficient (Wildman–Crippen LogP) is 2.75. The van der Waals surface area contributed by atoms with Gasteiger partial charge in [-0.05, 0) is 56.3 Å². The van der Waals surface area contributed by atoms with Gasteiger partial charge in [-0.15, -0.1) is 11.3 Å². The van der Waals surface area contributed by atoms with E-state index in [1.54, 1.807) is 11.3 Å². The first kappa shape index (κ1) is 12.1. The molecule has 1 aromatic heterocycles. The van der Waals surface area contributed by atoms with Crippen molar-refractivity contribution in [3.8, 4) is 0 Å². The number of hydrogen-bond acceptors (Lipinski definition) is 3. The van der Waals surface area contributed by atoms with Crippen LogP contribution >= 0.6 is 11.3 Å². The molecule has 1 atom stereocenters. The highest BCUT2D eigenvalue weighted by Crippen LogP contribution is 2.35. The summed E-state index contributed by atoms with van der Waals surface area (Å²) < 4.78 is 0. The molecular formula is C13H21NOS. The van der Waals surface area contributed by atoms with Crippen LogP contribution in [0.4, 0.5) is 0 Å². The van der Waals surface area contributed by atoms with Crippen molar-refractivity contribution in [3.05, 3.63) is 21.9 Å². The fraction of sp³-hybridized carbons (Fsp3) is 0.692. The Morgan fingerprint density at radius 1 is 1.44 bits per heavy atom. The lowest BCUT2D eigenvalue weighted by Crippen LogP contribution is -2.28. The van der Waals surface area contributed by atoms with Crippen LogP contribution in [0.3, 0.4) is 0 Å². The lowest BCUT2D eigenvalue weighted by Gasteiger charge is -2.26. The molecular weight excluding hydrogens is 218 g/mol. The molecule has 16 heavy (non-hydrogen) atoms. The maximum atomic E-state index is 10.7. The van der Waals surface area contributed by atoms with Gasteiger partial charge in [-0.1, -0.05) is 6.92 Å². The van der Waals surface area contributed by atoms with Gasteiger partial charge < -0.3 is 10.0 Å². The Kier molecular flexibility index (Phi) is 3.67. The number of hydrogen-bond donors (Lipinski definition) is 1. The highest BCUT2D eigenvalue weighted by molar-refractivity contribution is 7.10. The lowest BCUT2D eigenvalue weighted by atomic mass is 9.88. The highest BCUT2D eigenvalue weighted by Gasteiger charge is 2.32. The maximum absolute atomic E-state index is 10.7. The van der Waals surface area contributed by atoms with Crippen molar-refractivity contribution in [2.45, 2.75) is 38.7 Å². The first-order valence-electron chi connectivity index (χ1n) is 6.14. The van der Waals surface area contributed by atoms with Gasteiger partial charge in [0, 0.05) is 11.4 Å². The van der Waals surface area contributed by atoms with Gasteiger partial charge in [0.05, 0.1) is 5.60 Å². The number of aryl methyl sites for hydroxylation is 1. The summed E-state index contributed by atoms with van der Waals surface area (Å²) in [5.74, 6) is 0. The van der Waals surface area contributed by atoms with E-state index in [4.69, 9.17) is 0 Å². The minimum Gasteiger partial charge on any atom is -0.385 e. The molecule has 0 bridgehead atoms. The molecule has 1 unspecified atom stereocenters. The first-order chi connectivity index (χ1) is 7.64. The SMILES string of the molecule is CCN1CCCC(O)(c2csc(C)c2)CC1. The molecule has 0 aliphatic carbocycles. The standard InChI is InChI=1S/C13H21NOS/c1-3-14-7-4-5-13(15,6-8-14)12-9-11(2)16-10-12/h9-10,15H,3-8H2,1-2H3. The Morgan fingerprint density at radius 3 is 2.88 bits per heavy atom. The zero-order valence-electron chi connectivity index (χ0n) is 10.2. The molecule has 2 rings (SSSR count). The van der Waals surface area contributed by atoms with Crippen LogP contribution in [0.15, 0.2) is 11.4 Å². The van der Waals surface area contributed by atoms with Crippen molar-refractivity contribution in [2.24, 2.45) is 0 Å². The lowest BCUT2D eigenvalue weighted by molar-refractivity contribution is 0.0217. The van der Waals surface area contributed by atoms with Crippen molar-refractivity contribution in [1.29, 1.82) is 0 Å². The molecule has 0 amide bonds. The van der Waals surface area contributed by atoms with Crippen LogP contribution in [0.2, 0.25) is 0 Å². The average molecular weight is 239 g/mol. The molecule has 90 valence electrons. The maximum Gasteiger partial charge on any atom is 0.0917 e. The third-order valence-electron chi connectivity index (χ3n) is 3.62. The molecule has 1 aliphatic heterocycles. The molecule has 1 aromatic rings. The molecule has 3 heteroatoms. The van der Waals surface area contributed by atoms with Crippen LogP contribution < -0.4 is 0 Å². The van der Waals surface area contributed by atoms with Gasteiger partial charge in [0.15, 0.2) is 0 Å². The third-order valence-corrected chi connectivity index (χ3v) is 4.48. The Labute approximate surface area is 102 Å². The second-order valence-corrected chi connectivity index (χ2v) is 5.88. The smallest absolute Gasteiger partial charge is 0.0917 e. The van der Waals surface area contributed by atoms with E-state index in [1.807, 2.05) is 0 Å². The molecule has 1 aliphatic rings. The van der Waals surface area contributed by atoms with Gasteiger partial charge in [-0.25, -0.2) is 0 Å². The van der Waals surface area contributed by atoms with Crippen LogP contribution in [0, 0.1) is 6.92 Å². The number of thiophene rings is 1. The van der Waals surface area contributed by atoms with E-state index in [2.05, 4.69) is 30.2 Å². The summed E-state index contributed by atoms with van der Waals surface area (Å²) in [7, 11) is 0. The average Bonchev–Trinajstić information content (AvgIpc) is 2.61. The van der Waals surface area contributed by atoms with Gasteiger partial charge >= 0.3 is 0 Å². The van der Waals surface area contributed by atoms with Crippen molar-refractivity contribution in [3.63, 3.8) is 0 Å². The van der Waals surface area contributed by atoms with Crippen molar-refractivity contribution in [2.75, 3.05) is 19.6 Å². The minimum atomic E-state index is -0.575. The monoisotopic (exact) mass is 239 g/mol. The number of rotatable bonds is 2. The third kappa shape index (κ3) is 2.47. The second-order valence-electron chi connectivity index (χ2n) is 4.77. The van der Waals surface area contributed by atoms with E-state index in [0.29, 0.717) is 0 Å². The summed E-state index contributed by atoms with van der Waals surface area (Å²) in [5.41, 5.74) is 0.558. The number of likely N-dealkylation sites (tertiary alicyclic amines) is 1. The number of nitrogens with zero attached hydrogens (tertiary/aromatic N) is 1. The van der Waals surface area contributed by atoms with Crippen molar-refractivity contribution < 1.29 is 5.11 Å². The normalized spacial score (nSPS) is 27.9. The summed E-state index contributed by atoms with van der Waals surface area (Å²) >= 11 is 1.74. The van der Waals surface area contributed by atoms with Gasteiger partial charge in [0.2, 0.25) is 0 Å². The fourth-order valence-electron chi connectivity index (χ4n) is 2.47. The quantitative estimate of drug-likeness (QED) is 0.858. The molecule has 0 saturated carbocycles. The van der Waals surface area contributed by atoms with E-state index in [9.17, 15) is 5.11 Å². The first-order valence-corrected chi connectivity index (χ1v) is 7.02. The Morgan fingerprint density at radius 2 is 2.25 bits per heavy atom. The zero-order chi connectivity index (χ0) is 11.6. The van der Waals surface area contributed by atoms with E-state index in [1.165, 1.54) is 4.88 Å². The zero-order valence-corrected chi connectivity index (χ0v) is 11.0. The van der Waals surface area contributed by atoms with Crippen LogP contribution in [0.25, 0.3) is 0 Å². The molecule has 0 spiro atoms. The summed E-state index contributed by atoms with van der Waals surface area (Å²) in [5, 5.41) is 12.9. The molecule has 1 N–H and O–H groups in total. The number of aliphatic hydroxyl groups is 1. The Hall–Kier alpha value is -0.380. The van der Waals surface area contributed by atoms with Crippen molar-refractivity contribution in [1.82, 2.24) is 4.90 Å². The van der Waals surface area contributed by atoms with E-state index in [-0.39, 0.29) is 0 Å². The van der Waals surface area contributed by atoms with Crippen LogP contribution in [0.5, 0.6) is 0 Å². The van der Waals surface area contributed by atoms with Crippen LogP contribution in [-0.4, -0.2) is 29.6 Å². The molecule has 0 radical (unpaired) electrons. The molecule has 0 aromatic carbocycles. The highest BCUT2D eigenvalue weighted by atomic mass is 32.1. The molecule has 1 fully saturated rings. The van der Waals surface area contributed by atoms with Crippen LogP contribution in [-0.2, 0) is 5.60 Å². The predicted molar refractivity (Wildman–Crippen MR) is 68.9 cm³/mol. The van der Waals surface area contributed by atoms with Gasteiger partial charge in [0.1, 0.15) is 0 Å². The van der Waals surface area contributed by atoms with Crippen molar-refractivity contribution >= 4 is 11.3 Å². The largest absolute Gasteiger partial charge is 0.385 e. The summed E-state index contributed by atoms with van der Waals surface area (Å²) in [6, 6.07) is 2.15. The van der Waals surface area contributed by atoms with Crippen LogP contribution in [0.1, 0.15) is 36.6 Å². The van der Waals surface area contributed by atoms with E-state index >= 15 is 0 Å². The summed E-state index contributed by atoms with van der Waals surface area (Å²) in [4.78, 5) is 3.72. The summed E-state index contributed by atoms with van der Waals surface area (Å²) in [6.07, 6.45) is 2.87. The van der Waals surface area contributed by atoms with Gasteiger partial charge in [-0.3, -0.25) is 0 Å². The van der Waals surface area contributed by atoms with E-state index < -0.39 is 5.60 Å². The Balaban J connectivity index is 2.13. The Bertz CT molecular complexity index is 349. The minimum absolute atomic E-state index is 0.575. The summed E-state index contributed by atoms with van der Waals surface area (Å²) in [6.45, 7) is 7.54. The molecule has 1 saturated heterocycles. The van der Waals surface area contributed by atoms with Gasteiger partial charge in [0.25, 0.3) is 0 Å². The van der Waals surface area contributed by atoms with Gasteiger partial charge in [-0.2, -0.15) is 0 Å². The molecule has 2 heterocycles. The van der Waals surface area contributed by atoms with E-state index in [0.717, 1.165) is 44.5 Å².